The lowest BCUT2D eigenvalue weighted by Gasteiger charge is -2.36. The molecule has 30 heavy (non-hydrogen) atoms. The molecule has 5 rings (SSSR count). The molecule has 0 unspecified atom stereocenters. The van der Waals surface area contributed by atoms with Crippen molar-refractivity contribution in [1.29, 1.82) is 0 Å². The van der Waals surface area contributed by atoms with E-state index >= 15 is 0 Å². The number of nitrogens with zero attached hydrogens (tertiary/aromatic N) is 5. The van der Waals surface area contributed by atoms with Gasteiger partial charge in [0.2, 0.25) is 11.7 Å². The van der Waals surface area contributed by atoms with E-state index in [0.717, 1.165) is 16.5 Å². The molecule has 4 heterocycles. The quantitative estimate of drug-likeness (QED) is 0.650. The SMILES string of the molecule is CC(C)(C)COC(=O)N1CC(c2nc(-c3ccc4cnn(C5COC5)c4c3)no2)C1. The molecule has 3 aromatic rings. The maximum Gasteiger partial charge on any atom is 0.409 e. The molecular formula is C21H25N5O4. The van der Waals surface area contributed by atoms with Crippen molar-refractivity contribution in [2.45, 2.75) is 32.7 Å². The molecular weight excluding hydrogens is 386 g/mol. The number of hydrogen-bond acceptors (Lipinski definition) is 7. The summed E-state index contributed by atoms with van der Waals surface area (Å²) < 4.78 is 18.1. The number of aromatic nitrogens is 4. The molecule has 0 saturated carbocycles. The van der Waals surface area contributed by atoms with Crippen molar-refractivity contribution >= 4 is 17.0 Å². The van der Waals surface area contributed by atoms with Crippen LogP contribution in [-0.2, 0) is 9.47 Å². The van der Waals surface area contributed by atoms with Gasteiger partial charge >= 0.3 is 6.09 Å². The summed E-state index contributed by atoms with van der Waals surface area (Å²) >= 11 is 0. The van der Waals surface area contributed by atoms with Gasteiger partial charge < -0.3 is 18.9 Å². The summed E-state index contributed by atoms with van der Waals surface area (Å²) in [5.74, 6) is 1.12. The Morgan fingerprint density at radius 1 is 1.27 bits per heavy atom. The zero-order valence-electron chi connectivity index (χ0n) is 17.4. The van der Waals surface area contributed by atoms with Crippen molar-refractivity contribution in [3.05, 3.63) is 30.3 Å². The van der Waals surface area contributed by atoms with E-state index in [0.29, 0.717) is 44.6 Å². The zero-order chi connectivity index (χ0) is 20.9. The third kappa shape index (κ3) is 3.54. The molecule has 0 aliphatic carbocycles. The lowest BCUT2D eigenvalue weighted by Crippen LogP contribution is -2.49. The molecule has 0 radical (unpaired) electrons. The van der Waals surface area contributed by atoms with Crippen LogP contribution in [0.15, 0.2) is 28.9 Å². The molecule has 0 spiro atoms. The highest BCUT2D eigenvalue weighted by molar-refractivity contribution is 5.83. The van der Waals surface area contributed by atoms with Crippen molar-refractivity contribution in [2.24, 2.45) is 5.41 Å². The van der Waals surface area contributed by atoms with Crippen LogP contribution in [0.4, 0.5) is 4.79 Å². The van der Waals surface area contributed by atoms with Crippen LogP contribution in [0.2, 0.25) is 0 Å². The van der Waals surface area contributed by atoms with Gasteiger partial charge in [0.1, 0.15) is 0 Å². The number of carbonyl (C=O) groups is 1. The largest absolute Gasteiger partial charge is 0.449 e. The molecule has 2 aliphatic heterocycles. The zero-order valence-corrected chi connectivity index (χ0v) is 17.4. The Balaban J connectivity index is 1.26. The molecule has 0 atom stereocenters. The first-order valence-electron chi connectivity index (χ1n) is 10.2. The van der Waals surface area contributed by atoms with Crippen LogP contribution in [-0.4, -0.2) is 63.8 Å². The number of amides is 1. The van der Waals surface area contributed by atoms with Gasteiger partial charge in [-0.05, 0) is 11.5 Å². The minimum atomic E-state index is -0.292. The third-order valence-corrected chi connectivity index (χ3v) is 5.38. The summed E-state index contributed by atoms with van der Waals surface area (Å²) in [5, 5.41) is 9.71. The average molecular weight is 411 g/mol. The number of carbonyl (C=O) groups excluding carboxylic acids is 1. The highest BCUT2D eigenvalue weighted by atomic mass is 16.6. The standard InChI is InChI=1S/C21H25N5O4/c1-21(2,3)12-29-20(27)25-8-15(9-25)19-23-18(24-30-19)13-4-5-14-7-22-26(17(14)6-13)16-10-28-11-16/h4-7,15-16H,8-12H2,1-3H3. The molecule has 0 N–H and O–H groups in total. The molecule has 0 bridgehead atoms. The molecule has 1 aromatic carbocycles. The molecule has 2 fully saturated rings. The van der Waals surface area contributed by atoms with Crippen molar-refractivity contribution in [2.75, 3.05) is 32.9 Å². The topological polar surface area (TPSA) is 95.5 Å². The Bertz CT molecular complexity index is 1070. The first-order chi connectivity index (χ1) is 14.4. The lowest BCUT2D eigenvalue weighted by molar-refractivity contribution is -0.0266. The molecule has 2 aromatic heterocycles. The van der Waals surface area contributed by atoms with E-state index in [1.165, 1.54) is 0 Å². The average Bonchev–Trinajstić information content (AvgIpc) is 3.24. The van der Waals surface area contributed by atoms with Crippen molar-refractivity contribution in [3.8, 4) is 11.4 Å². The van der Waals surface area contributed by atoms with Gasteiger partial charge in [0.05, 0.1) is 43.5 Å². The van der Waals surface area contributed by atoms with E-state index in [1.54, 1.807) is 4.90 Å². The van der Waals surface area contributed by atoms with Crippen LogP contribution in [0.3, 0.4) is 0 Å². The van der Waals surface area contributed by atoms with Crippen LogP contribution in [0, 0.1) is 5.41 Å². The molecule has 9 nitrogen and oxygen atoms in total. The van der Waals surface area contributed by atoms with E-state index in [1.807, 2.05) is 49.8 Å². The van der Waals surface area contributed by atoms with Gasteiger partial charge in [0.25, 0.3) is 0 Å². The van der Waals surface area contributed by atoms with Crippen LogP contribution in [0.1, 0.15) is 38.6 Å². The number of likely N-dealkylation sites (tertiary alicyclic amines) is 1. The van der Waals surface area contributed by atoms with Gasteiger partial charge in [0.15, 0.2) is 0 Å². The third-order valence-electron chi connectivity index (χ3n) is 5.38. The Kier molecular flexibility index (Phi) is 4.50. The van der Waals surface area contributed by atoms with Gasteiger partial charge in [-0.2, -0.15) is 10.1 Å². The Morgan fingerprint density at radius 3 is 2.77 bits per heavy atom. The summed E-state index contributed by atoms with van der Waals surface area (Å²) in [5.41, 5.74) is 1.85. The van der Waals surface area contributed by atoms with Gasteiger partial charge in [-0.1, -0.05) is 38.1 Å². The number of ether oxygens (including phenoxy) is 2. The maximum absolute atomic E-state index is 12.1. The summed E-state index contributed by atoms with van der Waals surface area (Å²) in [6.07, 6.45) is 1.57. The normalized spacial score (nSPS) is 17.8. The van der Waals surface area contributed by atoms with Crippen molar-refractivity contribution in [3.63, 3.8) is 0 Å². The number of rotatable bonds is 4. The molecule has 158 valence electrons. The Labute approximate surface area is 173 Å². The fourth-order valence-corrected chi connectivity index (χ4v) is 3.50. The highest BCUT2D eigenvalue weighted by Crippen LogP contribution is 2.30. The van der Waals surface area contributed by atoms with E-state index in [4.69, 9.17) is 14.0 Å². The first kappa shape index (κ1) is 19.0. The fourth-order valence-electron chi connectivity index (χ4n) is 3.50. The lowest BCUT2D eigenvalue weighted by atomic mass is 9.98. The molecule has 9 heteroatoms. The fraction of sp³-hybridized carbons (Fsp3) is 0.524. The second kappa shape index (κ2) is 7.09. The predicted molar refractivity (Wildman–Crippen MR) is 108 cm³/mol. The second-order valence-electron chi connectivity index (χ2n) is 9.23. The van der Waals surface area contributed by atoms with Crippen LogP contribution in [0.5, 0.6) is 0 Å². The van der Waals surface area contributed by atoms with E-state index in [2.05, 4.69) is 15.2 Å². The highest BCUT2D eigenvalue weighted by Gasteiger charge is 2.37. The van der Waals surface area contributed by atoms with Gasteiger partial charge in [0, 0.05) is 24.0 Å². The first-order valence-corrected chi connectivity index (χ1v) is 10.2. The maximum atomic E-state index is 12.1. The Morgan fingerprint density at radius 2 is 2.07 bits per heavy atom. The predicted octanol–water partition coefficient (Wildman–Crippen LogP) is 3.24. The minimum Gasteiger partial charge on any atom is -0.449 e. The monoisotopic (exact) mass is 411 g/mol. The summed E-state index contributed by atoms with van der Waals surface area (Å²) in [6, 6.07) is 6.29. The van der Waals surface area contributed by atoms with Crippen molar-refractivity contribution < 1.29 is 18.8 Å². The van der Waals surface area contributed by atoms with Crippen LogP contribution < -0.4 is 0 Å². The second-order valence-corrected chi connectivity index (χ2v) is 9.23. The minimum absolute atomic E-state index is 0.0369. The van der Waals surface area contributed by atoms with Crippen LogP contribution in [0.25, 0.3) is 22.3 Å². The van der Waals surface area contributed by atoms with Crippen molar-refractivity contribution in [1.82, 2.24) is 24.8 Å². The summed E-state index contributed by atoms with van der Waals surface area (Å²) in [6.45, 7) is 8.91. The van der Waals surface area contributed by atoms with E-state index in [9.17, 15) is 4.79 Å². The number of hydrogen-bond donors (Lipinski definition) is 0. The van der Waals surface area contributed by atoms with Gasteiger partial charge in [-0.15, -0.1) is 0 Å². The Hall–Kier alpha value is -2.94. The molecule has 2 saturated heterocycles. The summed E-state index contributed by atoms with van der Waals surface area (Å²) in [4.78, 5) is 18.3. The number of benzene rings is 1. The molecule has 2 aliphatic rings. The van der Waals surface area contributed by atoms with E-state index in [-0.39, 0.29) is 23.5 Å². The van der Waals surface area contributed by atoms with Gasteiger partial charge in [-0.3, -0.25) is 4.68 Å². The smallest absolute Gasteiger partial charge is 0.409 e. The summed E-state index contributed by atoms with van der Waals surface area (Å²) in [7, 11) is 0. The van der Waals surface area contributed by atoms with Crippen LogP contribution >= 0.6 is 0 Å². The van der Waals surface area contributed by atoms with Gasteiger partial charge in [-0.25, -0.2) is 4.79 Å². The van der Waals surface area contributed by atoms with E-state index < -0.39 is 0 Å². The number of fused-ring (bicyclic) bond motifs is 1. The molecule has 1 amide bonds.